The van der Waals surface area contributed by atoms with Crippen LogP contribution in [0.15, 0.2) is 0 Å². The fraction of sp³-hybridized carbons (Fsp3) is 1.00. The number of nitrogens with zero attached hydrogens (tertiary/aromatic N) is 1. The molecule has 0 radical (unpaired) electrons. The number of hydrogen-bond acceptors (Lipinski definition) is 3. The molecule has 0 aliphatic carbocycles. The van der Waals surface area contributed by atoms with Crippen LogP contribution in [0, 0.1) is 5.92 Å². The fourth-order valence-electron chi connectivity index (χ4n) is 2.10. The van der Waals surface area contributed by atoms with Gasteiger partial charge in [0.05, 0.1) is 18.9 Å². The second-order valence-electron chi connectivity index (χ2n) is 4.49. The van der Waals surface area contributed by atoms with Crippen LogP contribution in [-0.4, -0.2) is 42.0 Å². The van der Waals surface area contributed by atoms with Gasteiger partial charge in [-0.05, 0) is 39.5 Å². The van der Waals surface area contributed by atoms with Crippen molar-refractivity contribution in [3.63, 3.8) is 0 Å². The standard InChI is InChI=1S/C11H23NO2/c1-9(2)14-10(3)11-4-6-12(8-13)7-5-11/h9-11,13H,4-8H2,1-3H3. The van der Waals surface area contributed by atoms with Crippen LogP contribution in [0.2, 0.25) is 0 Å². The Hall–Kier alpha value is -0.120. The van der Waals surface area contributed by atoms with Crippen molar-refractivity contribution in [3.05, 3.63) is 0 Å². The Balaban J connectivity index is 2.26. The maximum absolute atomic E-state index is 8.96. The predicted octanol–water partition coefficient (Wildman–Crippen LogP) is 1.46. The Bertz CT molecular complexity index is 153. The minimum absolute atomic E-state index is 0.201. The molecule has 1 saturated heterocycles. The first kappa shape index (κ1) is 12.0. The third-order valence-corrected chi connectivity index (χ3v) is 2.98. The lowest BCUT2D eigenvalue weighted by Gasteiger charge is -2.34. The molecular formula is C11H23NO2. The Labute approximate surface area is 87.1 Å². The number of aliphatic hydroxyl groups excluding tert-OH is 1. The van der Waals surface area contributed by atoms with Crippen LogP contribution in [0.1, 0.15) is 33.6 Å². The van der Waals surface area contributed by atoms with Gasteiger partial charge in [-0.1, -0.05) is 0 Å². The summed E-state index contributed by atoms with van der Waals surface area (Å²) < 4.78 is 5.78. The first-order valence-electron chi connectivity index (χ1n) is 5.62. The molecule has 1 atom stereocenters. The van der Waals surface area contributed by atoms with Gasteiger partial charge in [0.1, 0.15) is 0 Å². The van der Waals surface area contributed by atoms with Gasteiger partial charge in [-0.25, -0.2) is 0 Å². The molecule has 0 spiro atoms. The average molecular weight is 201 g/mol. The second kappa shape index (κ2) is 5.69. The van der Waals surface area contributed by atoms with Gasteiger partial charge < -0.3 is 9.84 Å². The van der Waals surface area contributed by atoms with Gasteiger partial charge in [0.2, 0.25) is 0 Å². The molecular weight excluding hydrogens is 178 g/mol. The zero-order valence-electron chi connectivity index (χ0n) is 9.57. The molecule has 0 bridgehead atoms. The van der Waals surface area contributed by atoms with Crippen molar-refractivity contribution in [3.8, 4) is 0 Å². The Morgan fingerprint density at radius 2 is 1.86 bits per heavy atom. The van der Waals surface area contributed by atoms with Crippen LogP contribution in [0.25, 0.3) is 0 Å². The Morgan fingerprint density at radius 1 is 1.29 bits per heavy atom. The third-order valence-electron chi connectivity index (χ3n) is 2.98. The summed E-state index contributed by atoms with van der Waals surface area (Å²) in [5.41, 5.74) is 0. The van der Waals surface area contributed by atoms with Crippen LogP contribution in [0.3, 0.4) is 0 Å². The maximum atomic E-state index is 8.96. The molecule has 1 N–H and O–H groups in total. The molecule has 1 rings (SSSR count). The first-order chi connectivity index (χ1) is 6.63. The smallest absolute Gasteiger partial charge is 0.0956 e. The highest BCUT2D eigenvalue weighted by atomic mass is 16.5. The van der Waals surface area contributed by atoms with Crippen LogP contribution in [0.5, 0.6) is 0 Å². The second-order valence-corrected chi connectivity index (χ2v) is 4.49. The number of aliphatic hydroxyl groups is 1. The van der Waals surface area contributed by atoms with Crippen molar-refractivity contribution >= 4 is 0 Å². The minimum atomic E-state index is 0.201. The van der Waals surface area contributed by atoms with Crippen molar-refractivity contribution in [1.82, 2.24) is 4.90 Å². The normalized spacial score (nSPS) is 22.9. The Kier molecular flexibility index (Phi) is 4.85. The summed E-state index contributed by atoms with van der Waals surface area (Å²) >= 11 is 0. The van der Waals surface area contributed by atoms with Crippen LogP contribution in [-0.2, 0) is 4.74 Å². The van der Waals surface area contributed by atoms with Crippen LogP contribution in [0.4, 0.5) is 0 Å². The molecule has 14 heavy (non-hydrogen) atoms. The monoisotopic (exact) mass is 201 g/mol. The van der Waals surface area contributed by atoms with Gasteiger partial charge in [0.25, 0.3) is 0 Å². The average Bonchev–Trinajstić information content (AvgIpc) is 2.17. The molecule has 1 heterocycles. The lowest BCUT2D eigenvalue weighted by Crippen LogP contribution is -2.38. The lowest BCUT2D eigenvalue weighted by molar-refractivity contribution is -0.0382. The summed E-state index contributed by atoms with van der Waals surface area (Å²) in [5, 5.41) is 8.96. The molecule has 0 amide bonds. The largest absolute Gasteiger partial charge is 0.381 e. The molecule has 1 aliphatic heterocycles. The van der Waals surface area contributed by atoms with E-state index in [-0.39, 0.29) is 6.73 Å². The van der Waals surface area contributed by atoms with Gasteiger partial charge in [-0.15, -0.1) is 0 Å². The predicted molar refractivity (Wildman–Crippen MR) is 57.1 cm³/mol. The van der Waals surface area contributed by atoms with E-state index in [1.807, 2.05) is 0 Å². The topological polar surface area (TPSA) is 32.7 Å². The molecule has 3 nitrogen and oxygen atoms in total. The molecule has 84 valence electrons. The van der Waals surface area contributed by atoms with Crippen molar-refractivity contribution in [1.29, 1.82) is 0 Å². The number of ether oxygens (including phenoxy) is 1. The number of piperidine rings is 1. The van der Waals surface area contributed by atoms with E-state index in [4.69, 9.17) is 9.84 Å². The first-order valence-corrected chi connectivity index (χ1v) is 5.62. The number of hydrogen-bond donors (Lipinski definition) is 1. The highest BCUT2D eigenvalue weighted by molar-refractivity contribution is 4.75. The van der Waals surface area contributed by atoms with E-state index in [1.54, 1.807) is 0 Å². The molecule has 0 aromatic carbocycles. The highest BCUT2D eigenvalue weighted by Gasteiger charge is 2.24. The van der Waals surface area contributed by atoms with E-state index in [0.29, 0.717) is 18.1 Å². The number of rotatable bonds is 4. The lowest BCUT2D eigenvalue weighted by atomic mass is 9.92. The SMILES string of the molecule is CC(C)OC(C)C1CCN(CO)CC1. The highest BCUT2D eigenvalue weighted by Crippen LogP contribution is 2.22. The van der Waals surface area contributed by atoms with Crippen molar-refractivity contribution in [2.75, 3.05) is 19.8 Å². The summed E-state index contributed by atoms with van der Waals surface area (Å²) in [7, 11) is 0. The van der Waals surface area contributed by atoms with Gasteiger partial charge in [0, 0.05) is 13.1 Å². The molecule has 1 aliphatic rings. The molecule has 1 fully saturated rings. The van der Waals surface area contributed by atoms with E-state index >= 15 is 0 Å². The number of likely N-dealkylation sites (tertiary alicyclic amines) is 1. The van der Waals surface area contributed by atoms with Crippen molar-refractivity contribution < 1.29 is 9.84 Å². The molecule has 3 heteroatoms. The molecule has 0 aromatic heterocycles. The summed E-state index contributed by atoms with van der Waals surface area (Å²) in [4.78, 5) is 2.08. The zero-order chi connectivity index (χ0) is 10.6. The molecule has 1 unspecified atom stereocenters. The van der Waals surface area contributed by atoms with E-state index < -0.39 is 0 Å². The van der Waals surface area contributed by atoms with Crippen molar-refractivity contribution in [2.45, 2.75) is 45.8 Å². The summed E-state index contributed by atoms with van der Waals surface area (Å²) in [5.74, 6) is 0.667. The van der Waals surface area contributed by atoms with Crippen LogP contribution < -0.4 is 0 Å². The van der Waals surface area contributed by atoms with E-state index in [2.05, 4.69) is 25.7 Å². The van der Waals surface area contributed by atoms with Gasteiger partial charge in [0.15, 0.2) is 0 Å². The van der Waals surface area contributed by atoms with Crippen molar-refractivity contribution in [2.24, 2.45) is 5.92 Å². The van der Waals surface area contributed by atoms with Gasteiger partial charge in [-0.2, -0.15) is 0 Å². The Morgan fingerprint density at radius 3 is 2.29 bits per heavy atom. The summed E-state index contributed by atoms with van der Waals surface area (Å²) in [6.07, 6.45) is 2.97. The van der Waals surface area contributed by atoms with Gasteiger partial charge in [-0.3, -0.25) is 4.90 Å². The maximum Gasteiger partial charge on any atom is 0.0956 e. The minimum Gasteiger partial charge on any atom is -0.381 e. The third kappa shape index (κ3) is 3.56. The van der Waals surface area contributed by atoms with E-state index in [1.165, 1.54) is 0 Å². The van der Waals surface area contributed by atoms with E-state index in [0.717, 1.165) is 25.9 Å². The van der Waals surface area contributed by atoms with Crippen LogP contribution >= 0.6 is 0 Å². The summed E-state index contributed by atoms with van der Waals surface area (Å²) in [6.45, 7) is 8.55. The van der Waals surface area contributed by atoms with Gasteiger partial charge >= 0.3 is 0 Å². The van der Waals surface area contributed by atoms with E-state index in [9.17, 15) is 0 Å². The summed E-state index contributed by atoms with van der Waals surface area (Å²) in [6, 6.07) is 0. The molecule has 0 saturated carbocycles. The fourth-order valence-corrected chi connectivity index (χ4v) is 2.10. The zero-order valence-corrected chi connectivity index (χ0v) is 9.57. The quantitative estimate of drug-likeness (QED) is 0.747. The molecule has 0 aromatic rings.